The summed E-state index contributed by atoms with van der Waals surface area (Å²) in [5, 5.41) is 15.2. The molecule has 11 nitrogen and oxygen atoms in total. The van der Waals surface area contributed by atoms with Crippen molar-refractivity contribution in [1.82, 2.24) is 20.5 Å². The van der Waals surface area contributed by atoms with Crippen molar-refractivity contribution in [3.8, 4) is 11.6 Å². The highest BCUT2D eigenvalue weighted by atomic mass is 16.5. The number of rotatable bonds is 7. The second kappa shape index (κ2) is 15.0. The molecule has 5 aliphatic rings. The van der Waals surface area contributed by atoms with Gasteiger partial charge in [0.1, 0.15) is 29.8 Å². The van der Waals surface area contributed by atoms with E-state index in [1.807, 2.05) is 18.2 Å². The largest absolute Gasteiger partial charge is 0.508 e. The van der Waals surface area contributed by atoms with E-state index in [1.165, 1.54) is 27.9 Å². The summed E-state index contributed by atoms with van der Waals surface area (Å²) in [6.45, 7) is 6.44. The van der Waals surface area contributed by atoms with Crippen LogP contribution >= 0.6 is 0 Å². The lowest BCUT2D eigenvalue weighted by molar-refractivity contribution is -0.134. The number of piperazine rings is 1. The Bertz CT molecular complexity index is 2070. The molecule has 3 saturated heterocycles. The number of carbonyl (C=O) groups is 3. The molecule has 3 amide bonds. The Labute approximate surface area is 321 Å². The number of aromatic nitrogens is 1. The predicted octanol–water partition coefficient (Wildman–Crippen LogP) is 4.98. The first-order valence-corrected chi connectivity index (χ1v) is 19.9. The molecular weight excluding hydrogens is 693 g/mol. The Morgan fingerprint density at radius 1 is 0.873 bits per heavy atom. The lowest BCUT2D eigenvalue weighted by Gasteiger charge is -2.46. The quantitative estimate of drug-likeness (QED) is 0.225. The number of aryl methyl sites for hydroxylation is 1. The maximum Gasteiger partial charge on any atom is 0.270 e. The number of hydrogen-bond donors (Lipinski definition) is 3. The Morgan fingerprint density at radius 3 is 2.49 bits per heavy atom. The van der Waals surface area contributed by atoms with Crippen molar-refractivity contribution in [3.05, 3.63) is 113 Å². The van der Waals surface area contributed by atoms with Crippen molar-refractivity contribution >= 4 is 29.1 Å². The second-order valence-corrected chi connectivity index (χ2v) is 15.9. The first-order valence-electron chi connectivity index (χ1n) is 19.9. The van der Waals surface area contributed by atoms with Crippen LogP contribution in [0.25, 0.3) is 0 Å². The van der Waals surface area contributed by atoms with Gasteiger partial charge in [-0.3, -0.25) is 24.6 Å². The summed E-state index contributed by atoms with van der Waals surface area (Å²) in [5.41, 5.74) is 7.67. The predicted molar refractivity (Wildman–Crippen MR) is 210 cm³/mol. The topological polar surface area (TPSA) is 127 Å². The Hall–Kier alpha value is -5.42. The zero-order valence-electron chi connectivity index (χ0n) is 31.0. The van der Waals surface area contributed by atoms with Gasteiger partial charge in [-0.05, 0) is 103 Å². The lowest BCUT2D eigenvalue weighted by Crippen LogP contribution is -2.58. The number of pyridine rings is 1. The van der Waals surface area contributed by atoms with Crippen molar-refractivity contribution in [1.29, 1.82) is 0 Å². The molecule has 4 aromatic rings. The number of anilines is 2. The number of phenolic OH excluding ortho intramolecular Hbond substituents is 1. The number of aromatic hydroxyl groups is 1. The molecule has 284 valence electrons. The van der Waals surface area contributed by atoms with E-state index in [0.717, 1.165) is 70.6 Å². The first kappa shape index (κ1) is 35.3. The van der Waals surface area contributed by atoms with Crippen LogP contribution < -0.4 is 25.2 Å². The summed E-state index contributed by atoms with van der Waals surface area (Å²) in [7, 11) is 0. The Kier molecular flexibility index (Phi) is 9.64. The number of benzene rings is 3. The molecule has 3 aromatic carbocycles. The molecule has 3 N–H and O–H groups in total. The number of amides is 3. The van der Waals surface area contributed by atoms with Gasteiger partial charge in [0.25, 0.3) is 5.91 Å². The van der Waals surface area contributed by atoms with Crippen LogP contribution in [0.5, 0.6) is 11.6 Å². The van der Waals surface area contributed by atoms with Gasteiger partial charge in [0.2, 0.25) is 17.7 Å². The number of nitrogens with one attached hydrogen (secondary N) is 2. The van der Waals surface area contributed by atoms with Gasteiger partial charge in [-0.2, -0.15) is 0 Å². The third-order valence-electron chi connectivity index (χ3n) is 12.5. The molecule has 1 aliphatic carbocycles. The van der Waals surface area contributed by atoms with E-state index in [1.54, 1.807) is 6.07 Å². The highest BCUT2D eigenvalue weighted by Gasteiger charge is 2.36. The molecule has 1 aromatic heterocycles. The monoisotopic (exact) mass is 740 g/mol. The zero-order chi connectivity index (χ0) is 37.5. The van der Waals surface area contributed by atoms with Crippen LogP contribution in [0.1, 0.15) is 76.7 Å². The Balaban J connectivity index is 0.788. The van der Waals surface area contributed by atoms with Gasteiger partial charge >= 0.3 is 0 Å². The number of imide groups is 1. The zero-order valence-corrected chi connectivity index (χ0v) is 31.0. The van der Waals surface area contributed by atoms with Crippen LogP contribution in [0, 0.1) is 5.92 Å². The Morgan fingerprint density at radius 2 is 1.69 bits per heavy atom. The molecule has 0 spiro atoms. The molecule has 0 radical (unpaired) electrons. The van der Waals surface area contributed by atoms with E-state index in [4.69, 9.17) is 4.74 Å². The minimum atomic E-state index is -0.752. The van der Waals surface area contributed by atoms with Gasteiger partial charge in [-0.25, -0.2) is 4.98 Å². The summed E-state index contributed by atoms with van der Waals surface area (Å²) >= 11 is 0. The molecule has 0 saturated carbocycles. The van der Waals surface area contributed by atoms with Crippen LogP contribution in [0.3, 0.4) is 0 Å². The van der Waals surface area contributed by atoms with Crippen LogP contribution in [-0.4, -0.2) is 90.7 Å². The number of hydrogen-bond acceptors (Lipinski definition) is 9. The fourth-order valence-corrected chi connectivity index (χ4v) is 9.58. The molecule has 1 unspecified atom stereocenters. The van der Waals surface area contributed by atoms with E-state index in [9.17, 15) is 19.5 Å². The summed E-state index contributed by atoms with van der Waals surface area (Å²) < 4.78 is 6.11. The summed E-state index contributed by atoms with van der Waals surface area (Å²) in [4.78, 5) is 48.5. The molecule has 3 fully saturated rings. The fourth-order valence-electron chi connectivity index (χ4n) is 9.58. The number of carbonyl (C=O) groups excluding carboxylic acids is 3. The minimum absolute atomic E-state index is 0.191. The standard InChI is InChI=1S/C44H48N6O5/c51-34-11-13-36-31(24-34)8-12-35(29-4-2-1-3-5-29)41(36)30-6-9-32(10-7-30)49-20-18-28(19-21-49)25-48-22-23-50-33(26-48)27-55-44-39(50)16-14-38(46-44)42(53)45-37-15-17-40(52)47-43(37)54/h1-7,9-11,13-14,16,24,28,33,35,37,41,51H,8,12,15,17-23,25-27H2,(H,45,53)(H,47,52,54)/t33-,35+,37?,41-/m1/s1. The molecule has 4 atom stereocenters. The van der Waals surface area contributed by atoms with E-state index in [0.29, 0.717) is 30.1 Å². The molecular formula is C44H48N6O5. The van der Waals surface area contributed by atoms with Crippen LogP contribution in [0.15, 0.2) is 84.9 Å². The summed E-state index contributed by atoms with van der Waals surface area (Å²) in [5.74, 6) is 0.817. The van der Waals surface area contributed by atoms with Gasteiger partial charge in [-0.1, -0.05) is 48.5 Å². The summed E-state index contributed by atoms with van der Waals surface area (Å²) in [6, 6.07) is 29.2. The first-order chi connectivity index (χ1) is 26.9. The second-order valence-electron chi connectivity index (χ2n) is 15.9. The number of piperidine rings is 2. The minimum Gasteiger partial charge on any atom is -0.508 e. The smallest absolute Gasteiger partial charge is 0.270 e. The third kappa shape index (κ3) is 7.25. The van der Waals surface area contributed by atoms with Gasteiger partial charge in [0, 0.05) is 57.3 Å². The summed E-state index contributed by atoms with van der Waals surface area (Å²) in [6.07, 6.45) is 4.83. The molecule has 9 rings (SSSR count). The van der Waals surface area contributed by atoms with E-state index in [2.05, 4.69) is 91.0 Å². The van der Waals surface area contributed by atoms with Gasteiger partial charge in [-0.15, -0.1) is 0 Å². The molecule has 4 aliphatic heterocycles. The van der Waals surface area contributed by atoms with E-state index < -0.39 is 17.9 Å². The molecule has 0 bridgehead atoms. The highest BCUT2D eigenvalue weighted by Crippen LogP contribution is 2.47. The fraction of sp³-hybridized carbons (Fsp3) is 0.409. The maximum absolute atomic E-state index is 12.9. The van der Waals surface area contributed by atoms with Crippen LogP contribution in [-0.2, 0) is 16.0 Å². The van der Waals surface area contributed by atoms with Gasteiger partial charge in [0.05, 0.1) is 6.04 Å². The van der Waals surface area contributed by atoms with Crippen molar-refractivity contribution in [2.45, 2.75) is 62.4 Å². The average Bonchev–Trinajstić information content (AvgIpc) is 3.21. The van der Waals surface area contributed by atoms with Gasteiger partial charge in [0.15, 0.2) is 0 Å². The van der Waals surface area contributed by atoms with E-state index >= 15 is 0 Å². The van der Waals surface area contributed by atoms with Gasteiger partial charge < -0.3 is 25.0 Å². The SMILES string of the molecule is O=C1CCC(NC(=O)c2ccc3c(n2)OC[C@H]2CN(CC4CCN(c5ccc([C@H]6c7ccc(O)cc7CC[C@H]6c6ccccc6)cc5)CC4)CCN32)C(=O)N1. The number of nitrogens with zero attached hydrogens (tertiary/aromatic N) is 4. The number of ether oxygens (including phenoxy) is 1. The molecule has 5 heterocycles. The van der Waals surface area contributed by atoms with Crippen molar-refractivity contribution in [2.24, 2.45) is 5.92 Å². The van der Waals surface area contributed by atoms with Crippen molar-refractivity contribution in [3.63, 3.8) is 0 Å². The third-order valence-corrected chi connectivity index (χ3v) is 12.5. The van der Waals surface area contributed by atoms with Crippen LogP contribution in [0.4, 0.5) is 11.4 Å². The number of phenols is 1. The maximum atomic E-state index is 12.9. The molecule has 55 heavy (non-hydrogen) atoms. The van der Waals surface area contributed by atoms with Crippen molar-refractivity contribution in [2.75, 3.05) is 55.7 Å². The van der Waals surface area contributed by atoms with Crippen molar-refractivity contribution < 1.29 is 24.2 Å². The van der Waals surface area contributed by atoms with Crippen LogP contribution in [0.2, 0.25) is 0 Å². The van der Waals surface area contributed by atoms with E-state index in [-0.39, 0.29) is 36.4 Å². The highest BCUT2D eigenvalue weighted by molar-refractivity contribution is 6.03. The lowest BCUT2D eigenvalue weighted by atomic mass is 9.69. The number of fused-ring (bicyclic) bond motifs is 4. The average molecular weight is 741 g/mol. The molecule has 11 heteroatoms. The normalized spacial score (nSPS) is 24.2.